The maximum atomic E-state index is 5.63. The zero-order valence-corrected chi connectivity index (χ0v) is 11.7. The number of pyridine rings is 1. The fourth-order valence-electron chi connectivity index (χ4n) is 1.95. The number of benzene rings is 1. The minimum atomic E-state index is 0.232. The van der Waals surface area contributed by atoms with Crippen LogP contribution >= 0.6 is 12.2 Å². The van der Waals surface area contributed by atoms with E-state index in [1.807, 2.05) is 30.3 Å². The Labute approximate surface area is 118 Å². The molecule has 0 aliphatic carbocycles. The summed E-state index contributed by atoms with van der Waals surface area (Å²) in [5.41, 5.74) is 7.71. The average molecular weight is 271 g/mol. The molecule has 3 nitrogen and oxygen atoms in total. The van der Waals surface area contributed by atoms with Crippen LogP contribution < -0.4 is 11.1 Å². The van der Waals surface area contributed by atoms with Crippen LogP contribution in [0.2, 0.25) is 0 Å². The third-order valence-electron chi connectivity index (χ3n) is 2.98. The monoisotopic (exact) mass is 271 g/mol. The van der Waals surface area contributed by atoms with Gasteiger partial charge in [-0.2, -0.15) is 0 Å². The van der Waals surface area contributed by atoms with Gasteiger partial charge in [0.25, 0.3) is 0 Å². The molecule has 0 aliphatic rings. The first kappa shape index (κ1) is 13.5. The molecule has 1 atom stereocenters. The Morgan fingerprint density at radius 1 is 1.32 bits per heavy atom. The lowest BCUT2D eigenvalue weighted by Crippen LogP contribution is -2.13. The second-order valence-corrected chi connectivity index (χ2v) is 4.75. The van der Waals surface area contributed by atoms with Gasteiger partial charge in [-0.15, -0.1) is 0 Å². The number of thiocarbonyl (C=S) groups is 1. The molecular weight excluding hydrogens is 254 g/mol. The van der Waals surface area contributed by atoms with Crippen LogP contribution in [0.1, 0.15) is 30.5 Å². The Balaban J connectivity index is 2.19. The van der Waals surface area contributed by atoms with E-state index in [1.165, 1.54) is 5.56 Å². The average Bonchev–Trinajstić information content (AvgIpc) is 2.46. The van der Waals surface area contributed by atoms with Crippen LogP contribution in [0.25, 0.3) is 0 Å². The van der Waals surface area contributed by atoms with E-state index in [1.54, 1.807) is 6.20 Å². The fraction of sp³-hybridized carbons (Fsp3) is 0.200. The van der Waals surface area contributed by atoms with Crippen LogP contribution in [0.15, 0.2) is 48.7 Å². The molecule has 4 heteroatoms. The molecular formula is C15H17N3S. The van der Waals surface area contributed by atoms with Gasteiger partial charge in [0.1, 0.15) is 10.8 Å². The van der Waals surface area contributed by atoms with E-state index in [-0.39, 0.29) is 6.04 Å². The number of hydrogen-bond donors (Lipinski definition) is 2. The molecule has 2 rings (SSSR count). The minimum absolute atomic E-state index is 0.232. The summed E-state index contributed by atoms with van der Waals surface area (Å²) in [6, 6.07) is 14.2. The predicted octanol–water partition coefficient (Wildman–Crippen LogP) is 3.28. The van der Waals surface area contributed by atoms with E-state index in [0.717, 1.165) is 17.8 Å². The molecule has 3 N–H and O–H groups in total. The summed E-state index contributed by atoms with van der Waals surface area (Å²) in [4.78, 5) is 4.70. The molecule has 0 aliphatic heterocycles. The van der Waals surface area contributed by atoms with Gasteiger partial charge >= 0.3 is 0 Å². The third kappa shape index (κ3) is 3.51. The van der Waals surface area contributed by atoms with E-state index < -0.39 is 0 Å². The van der Waals surface area contributed by atoms with Gasteiger partial charge in [-0.05, 0) is 24.1 Å². The third-order valence-corrected chi connectivity index (χ3v) is 3.21. The van der Waals surface area contributed by atoms with Gasteiger partial charge in [0.15, 0.2) is 0 Å². The van der Waals surface area contributed by atoms with Gasteiger partial charge in [-0.1, -0.05) is 49.5 Å². The van der Waals surface area contributed by atoms with Crippen LogP contribution in [0.3, 0.4) is 0 Å². The normalized spacial score (nSPS) is 11.8. The second kappa shape index (κ2) is 6.29. The molecule has 0 saturated heterocycles. The van der Waals surface area contributed by atoms with Crippen LogP contribution in [0.5, 0.6) is 0 Å². The number of rotatable bonds is 5. The zero-order valence-electron chi connectivity index (χ0n) is 10.8. The highest BCUT2D eigenvalue weighted by molar-refractivity contribution is 7.80. The first-order valence-corrected chi connectivity index (χ1v) is 6.69. The van der Waals surface area contributed by atoms with Gasteiger partial charge in [0.05, 0.1) is 6.04 Å². The van der Waals surface area contributed by atoms with E-state index in [0.29, 0.717) is 4.99 Å². The van der Waals surface area contributed by atoms with Crippen molar-refractivity contribution in [2.75, 3.05) is 5.32 Å². The van der Waals surface area contributed by atoms with Gasteiger partial charge < -0.3 is 11.1 Å². The Morgan fingerprint density at radius 3 is 2.68 bits per heavy atom. The Hall–Kier alpha value is -1.94. The smallest absolute Gasteiger partial charge is 0.127 e. The lowest BCUT2D eigenvalue weighted by atomic mass is 10.0. The molecule has 0 bridgehead atoms. The van der Waals surface area contributed by atoms with Crippen molar-refractivity contribution in [3.8, 4) is 0 Å². The maximum absolute atomic E-state index is 5.63. The molecule has 1 aromatic heterocycles. The highest BCUT2D eigenvalue weighted by Gasteiger charge is 2.09. The number of nitrogens with two attached hydrogens (primary N) is 1. The SMILES string of the molecule is CCC(Nc1cc(C(N)=S)ccn1)c1ccccc1. The molecule has 0 spiro atoms. The van der Waals surface area contributed by atoms with Crippen molar-refractivity contribution in [2.24, 2.45) is 5.73 Å². The summed E-state index contributed by atoms with van der Waals surface area (Å²) in [6.45, 7) is 2.14. The lowest BCUT2D eigenvalue weighted by molar-refractivity contribution is 0.744. The molecule has 1 aromatic carbocycles. The molecule has 0 fully saturated rings. The number of anilines is 1. The van der Waals surface area contributed by atoms with E-state index in [2.05, 4.69) is 29.4 Å². The van der Waals surface area contributed by atoms with Gasteiger partial charge in [-0.3, -0.25) is 0 Å². The van der Waals surface area contributed by atoms with Crippen LogP contribution in [-0.4, -0.2) is 9.97 Å². The summed E-state index contributed by atoms with van der Waals surface area (Å²) in [6.07, 6.45) is 2.69. The lowest BCUT2D eigenvalue weighted by Gasteiger charge is -2.18. The predicted molar refractivity (Wildman–Crippen MR) is 83.2 cm³/mol. The Kier molecular flexibility index (Phi) is 4.47. The summed E-state index contributed by atoms with van der Waals surface area (Å²) in [5.74, 6) is 0.793. The fourth-order valence-corrected chi connectivity index (χ4v) is 2.07. The van der Waals surface area contributed by atoms with E-state index in [9.17, 15) is 0 Å². The van der Waals surface area contributed by atoms with Crippen LogP contribution in [0.4, 0.5) is 5.82 Å². The summed E-state index contributed by atoms with van der Waals surface area (Å²) >= 11 is 4.98. The molecule has 1 heterocycles. The highest BCUT2D eigenvalue weighted by Crippen LogP contribution is 2.21. The van der Waals surface area contributed by atoms with Crippen molar-refractivity contribution >= 4 is 23.0 Å². The molecule has 19 heavy (non-hydrogen) atoms. The number of nitrogens with one attached hydrogen (secondary N) is 1. The van der Waals surface area contributed by atoms with Crippen LogP contribution in [0, 0.1) is 0 Å². The van der Waals surface area contributed by atoms with Crippen molar-refractivity contribution < 1.29 is 0 Å². The molecule has 2 aromatic rings. The van der Waals surface area contributed by atoms with Gasteiger partial charge in [0, 0.05) is 11.8 Å². The largest absolute Gasteiger partial charge is 0.389 e. The maximum Gasteiger partial charge on any atom is 0.127 e. The molecule has 1 unspecified atom stereocenters. The molecule has 0 saturated carbocycles. The topological polar surface area (TPSA) is 50.9 Å². The van der Waals surface area contributed by atoms with Crippen LogP contribution in [-0.2, 0) is 0 Å². The molecule has 98 valence electrons. The number of aromatic nitrogens is 1. The van der Waals surface area contributed by atoms with Crippen molar-refractivity contribution in [3.63, 3.8) is 0 Å². The highest BCUT2D eigenvalue weighted by atomic mass is 32.1. The molecule has 0 amide bonds. The minimum Gasteiger partial charge on any atom is -0.389 e. The quantitative estimate of drug-likeness (QED) is 0.819. The van der Waals surface area contributed by atoms with Gasteiger partial charge in [0.2, 0.25) is 0 Å². The Morgan fingerprint density at radius 2 is 2.05 bits per heavy atom. The van der Waals surface area contributed by atoms with E-state index in [4.69, 9.17) is 18.0 Å². The summed E-state index contributed by atoms with van der Waals surface area (Å²) in [7, 11) is 0. The van der Waals surface area contributed by atoms with Crippen molar-refractivity contribution in [3.05, 3.63) is 59.8 Å². The first-order chi connectivity index (χ1) is 9.20. The molecule has 0 radical (unpaired) electrons. The summed E-state index contributed by atoms with van der Waals surface area (Å²) < 4.78 is 0. The Bertz CT molecular complexity index is 554. The second-order valence-electron chi connectivity index (χ2n) is 4.31. The van der Waals surface area contributed by atoms with Crippen molar-refractivity contribution in [1.82, 2.24) is 4.98 Å². The zero-order chi connectivity index (χ0) is 13.7. The summed E-state index contributed by atoms with van der Waals surface area (Å²) in [5, 5.41) is 3.41. The number of nitrogens with zero attached hydrogens (tertiary/aromatic N) is 1. The van der Waals surface area contributed by atoms with Gasteiger partial charge in [-0.25, -0.2) is 4.98 Å². The van der Waals surface area contributed by atoms with E-state index >= 15 is 0 Å². The van der Waals surface area contributed by atoms with Crippen molar-refractivity contribution in [1.29, 1.82) is 0 Å². The number of hydrogen-bond acceptors (Lipinski definition) is 3. The van der Waals surface area contributed by atoms with Crippen molar-refractivity contribution in [2.45, 2.75) is 19.4 Å². The standard InChI is InChI=1S/C15H17N3S/c1-2-13(11-6-4-3-5-7-11)18-14-10-12(15(16)19)8-9-17-14/h3-10,13H,2H2,1H3,(H2,16,19)(H,17,18). The first-order valence-electron chi connectivity index (χ1n) is 6.28.